The Morgan fingerprint density at radius 1 is 1.41 bits per heavy atom. The number of carbonyl (C=O) groups is 1. The molecule has 4 nitrogen and oxygen atoms in total. The Balaban J connectivity index is 1.78. The summed E-state index contributed by atoms with van der Waals surface area (Å²) in [5.41, 5.74) is 6.23. The molecule has 0 aromatic heterocycles. The van der Waals surface area contributed by atoms with Crippen LogP contribution in [0, 0.1) is 0 Å². The Kier molecular flexibility index (Phi) is 3.22. The monoisotopic (exact) mass is 234 g/mol. The average Bonchev–Trinajstić information content (AvgIpc) is 2.26. The van der Waals surface area contributed by atoms with Crippen molar-refractivity contribution in [2.45, 2.75) is 31.7 Å². The molecular weight excluding hydrogens is 216 g/mol. The topological polar surface area (TPSA) is 64.3 Å². The van der Waals surface area contributed by atoms with Crippen molar-refractivity contribution >= 4 is 11.6 Å². The van der Waals surface area contributed by atoms with Crippen LogP contribution in [0.15, 0.2) is 24.3 Å². The number of nitrogens with two attached hydrogens (primary N) is 1. The fourth-order valence-corrected chi connectivity index (χ4v) is 1.92. The number of benzene rings is 1. The first-order valence-corrected chi connectivity index (χ1v) is 5.87. The normalized spacial score (nSPS) is 17.0. The molecule has 0 heterocycles. The van der Waals surface area contributed by atoms with Crippen molar-refractivity contribution < 1.29 is 9.53 Å². The van der Waals surface area contributed by atoms with E-state index < -0.39 is 0 Å². The van der Waals surface area contributed by atoms with E-state index in [1.54, 1.807) is 24.3 Å². The van der Waals surface area contributed by atoms with E-state index in [0.717, 1.165) is 12.8 Å². The summed E-state index contributed by atoms with van der Waals surface area (Å²) in [6.45, 7) is 2.12. The molecule has 2 rings (SSSR count). The molecule has 92 valence electrons. The van der Waals surface area contributed by atoms with Gasteiger partial charge >= 0.3 is 0 Å². The number of hydrogen-bond donors (Lipinski definition) is 2. The van der Waals surface area contributed by atoms with E-state index in [2.05, 4.69) is 12.2 Å². The zero-order valence-electron chi connectivity index (χ0n) is 10.0. The summed E-state index contributed by atoms with van der Waals surface area (Å²) in [5.74, 6) is 0.595. The molecule has 1 aliphatic rings. The summed E-state index contributed by atoms with van der Waals surface area (Å²) in [6.07, 6.45) is 3.30. The summed E-state index contributed by atoms with van der Waals surface area (Å²) in [5, 5.41) is 2.99. The highest BCUT2D eigenvalue weighted by atomic mass is 16.5. The van der Waals surface area contributed by atoms with Gasteiger partial charge in [0, 0.05) is 11.2 Å². The first kappa shape index (κ1) is 11.8. The lowest BCUT2D eigenvalue weighted by molar-refractivity contribution is -0.125. The van der Waals surface area contributed by atoms with E-state index in [0.29, 0.717) is 11.4 Å². The molecule has 1 fully saturated rings. The van der Waals surface area contributed by atoms with Gasteiger partial charge in [-0.25, -0.2) is 0 Å². The van der Waals surface area contributed by atoms with Crippen LogP contribution in [0.5, 0.6) is 5.75 Å². The SMILES string of the molecule is CC1(NC(=O)COc2ccc(N)cc2)CCC1. The first-order chi connectivity index (χ1) is 8.07. The number of hydrogen-bond acceptors (Lipinski definition) is 3. The van der Waals surface area contributed by atoms with E-state index >= 15 is 0 Å². The van der Waals surface area contributed by atoms with Gasteiger partial charge in [0.2, 0.25) is 0 Å². The second-order valence-corrected chi connectivity index (χ2v) is 4.82. The second kappa shape index (κ2) is 4.65. The summed E-state index contributed by atoms with van der Waals surface area (Å²) in [6, 6.07) is 7.02. The second-order valence-electron chi connectivity index (χ2n) is 4.82. The quantitative estimate of drug-likeness (QED) is 0.779. The Hall–Kier alpha value is -1.71. The van der Waals surface area contributed by atoms with Gasteiger partial charge in [-0.3, -0.25) is 4.79 Å². The fourth-order valence-electron chi connectivity index (χ4n) is 1.92. The van der Waals surface area contributed by atoms with Crippen molar-refractivity contribution in [2.75, 3.05) is 12.3 Å². The maximum atomic E-state index is 11.6. The molecule has 1 amide bonds. The standard InChI is InChI=1S/C13H18N2O2/c1-13(7-2-8-13)15-12(16)9-17-11-5-3-10(14)4-6-11/h3-6H,2,7-9,14H2,1H3,(H,15,16). The number of anilines is 1. The van der Waals surface area contributed by atoms with Gasteiger partial charge in [0.25, 0.3) is 5.91 Å². The largest absolute Gasteiger partial charge is 0.484 e. The smallest absolute Gasteiger partial charge is 0.258 e. The lowest BCUT2D eigenvalue weighted by Crippen LogP contribution is -2.52. The number of nitrogen functional groups attached to an aromatic ring is 1. The molecular formula is C13H18N2O2. The molecule has 0 radical (unpaired) electrons. The van der Waals surface area contributed by atoms with Crippen LogP contribution in [0.25, 0.3) is 0 Å². The number of nitrogens with one attached hydrogen (secondary N) is 1. The maximum absolute atomic E-state index is 11.6. The predicted octanol–water partition coefficient (Wildman–Crippen LogP) is 1.71. The first-order valence-electron chi connectivity index (χ1n) is 5.87. The number of ether oxygens (including phenoxy) is 1. The lowest BCUT2D eigenvalue weighted by atomic mass is 9.78. The highest BCUT2D eigenvalue weighted by Crippen LogP contribution is 2.30. The minimum atomic E-state index is -0.0657. The highest BCUT2D eigenvalue weighted by Gasteiger charge is 2.32. The van der Waals surface area contributed by atoms with E-state index in [-0.39, 0.29) is 18.1 Å². The molecule has 0 spiro atoms. The van der Waals surface area contributed by atoms with Crippen LogP contribution in [0.4, 0.5) is 5.69 Å². The van der Waals surface area contributed by atoms with Crippen molar-refractivity contribution in [1.82, 2.24) is 5.32 Å². The minimum Gasteiger partial charge on any atom is -0.484 e. The Morgan fingerprint density at radius 3 is 2.59 bits per heavy atom. The molecule has 0 bridgehead atoms. The predicted molar refractivity (Wildman–Crippen MR) is 66.7 cm³/mol. The Labute approximate surface area is 101 Å². The lowest BCUT2D eigenvalue weighted by Gasteiger charge is -2.39. The van der Waals surface area contributed by atoms with Crippen LogP contribution < -0.4 is 15.8 Å². The number of amides is 1. The summed E-state index contributed by atoms with van der Waals surface area (Å²) >= 11 is 0. The van der Waals surface area contributed by atoms with Crippen LogP contribution in [0.3, 0.4) is 0 Å². The van der Waals surface area contributed by atoms with Gasteiger partial charge in [-0.1, -0.05) is 0 Å². The molecule has 3 N–H and O–H groups in total. The third kappa shape index (κ3) is 3.12. The van der Waals surface area contributed by atoms with E-state index in [9.17, 15) is 4.79 Å². The third-order valence-corrected chi connectivity index (χ3v) is 3.15. The van der Waals surface area contributed by atoms with Gasteiger partial charge in [-0.05, 0) is 50.5 Å². The molecule has 1 saturated carbocycles. The zero-order valence-corrected chi connectivity index (χ0v) is 10.0. The molecule has 0 unspecified atom stereocenters. The molecule has 0 aliphatic heterocycles. The van der Waals surface area contributed by atoms with E-state index in [1.165, 1.54) is 6.42 Å². The van der Waals surface area contributed by atoms with Crippen molar-refractivity contribution in [2.24, 2.45) is 0 Å². The van der Waals surface area contributed by atoms with Crippen LogP contribution >= 0.6 is 0 Å². The average molecular weight is 234 g/mol. The van der Waals surface area contributed by atoms with Gasteiger partial charge in [0.15, 0.2) is 6.61 Å². The van der Waals surface area contributed by atoms with Crippen LogP contribution in [-0.4, -0.2) is 18.1 Å². The molecule has 1 aliphatic carbocycles. The molecule has 17 heavy (non-hydrogen) atoms. The number of carbonyl (C=O) groups excluding carboxylic acids is 1. The van der Waals surface area contributed by atoms with Crippen LogP contribution in [-0.2, 0) is 4.79 Å². The van der Waals surface area contributed by atoms with Crippen molar-refractivity contribution in [1.29, 1.82) is 0 Å². The van der Waals surface area contributed by atoms with Gasteiger partial charge in [-0.2, -0.15) is 0 Å². The van der Waals surface area contributed by atoms with Crippen molar-refractivity contribution in [3.05, 3.63) is 24.3 Å². The summed E-state index contributed by atoms with van der Waals surface area (Å²) in [4.78, 5) is 11.6. The van der Waals surface area contributed by atoms with Crippen molar-refractivity contribution in [3.8, 4) is 5.75 Å². The zero-order chi connectivity index (χ0) is 12.3. The molecule has 1 aromatic carbocycles. The Bertz CT molecular complexity index is 396. The Morgan fingerprint density at radius 2 is 2.06 bits per heavy atom. The van der Waals surface area contributed by atoms with Crippen molar-refractivity contribution in [3.63, 3.8) is 0 Å². The van der Waals surface area contributed by atoms with Gasteiger partial charge in [0.1, 0.15) is 5.75 Å². The fraction of sp³-hybridized carbons (Fsp3) is 0.462. The minimum absolute atomic E-state index is 0.0123. The molecule has 4 heteroatoms. The molecule has 1 aromatic rings. The van der Waals surface area contributed by atoms with Gasteiger partial charge in [0.05, 0.1) is 0 Å². The molecule has 0 atom stereocenters. The van der Waals surface area contributed by atoms with Gasteiger partial charge in [-0.15, -0.1) is 0 Å². The third-order valence-electron chi connectivity index (χ3n) is 3.15. The van der Waals surface area contributed by atoms with Crippen LogP contribution in [0.2, 0.25) is 0 Å². The molecule has 0 saturated heterocycles. The summed E-state index contributed by atoms with van der Waals surface area (Å²) in [7, 11) is 0. The summed E-state index contributed by atoms with van der Waals surface area (Å²) < 4.78 is 5.37. The van der Waals surface area contributed by atoms with Crippen LogP contribution in [0.1, 0.15) is 26.2 Å². The van der Waals surface area contributed by atoms with E-state index in [4.69, 9.17) is 10.5 Å². The highest BCUT2D eigenvalue weighted by molar-refractivity contribution is 5.78. The number of rotatable bonds is 4. The maximum Gasteiger partial charge on any atom is 0.258 e. The van der Waals surface area contributed by atoms with E-state index in [1.807, 2.05) is 0 Å². The van der Waals surface area contributed by atoms with Gasteiger partial charge < -0.3 is 15.8 Å².